The highest BCUT2D eigenvalue weighted by atomic mass is 32.2. The quantitative estimate of drug-likeness (QED) is 0.828. The fourth-order valence-corrected chi connectivity index (χ4v) is 4.82. The summed E-state index contributed by atoms with van der Waals surface area (Å²) < 4.78 is 29.9. The van der Waals surface area contributed by atoms with Crippen LogP contribution in [-0.2, 0) is 16.6 Å². The molecule has 1 fully saturated rings. The predicted molar refractivity (Wildman–Crippen MR) is 82.5 cm³/mol. The number of sulfonamides is 1. The first kappa shape index (κ1) is 16.5. The van der Waals surface area contributed by atoms with Gasteiger partial charge in [0.05, 0.1) is 11.4 Å². The molecule has 7 heteroatoms. The van der Waals surface area contributed by atoms with Crippen molar-refractivity contribution in [3.63, 3.8) is 0 Å². The number of rotatable bonds is 6. The third-order valence-corrected chi connectivity index (χ3v) is 5.95. The van der Waals surface area contributed by atoms with E-state index >= 15 is 0 Å². The molecule has 2 atom stereocenters. The van der Waals surface area contributed by atoms with E-state index in [0.29, 0.717) is 35.3 Å². The highest BCUT2D eigenvalue weighted by Crippen LogP contribution is 2.27. The number of nitrogens with one attached hydrogen (secondary N) is 1. The van der Waals surface area contributed by atoms with Gasteiger partial charge in [0.25, 0.3) is 0 Å². The van der Waals surface area contributed by atoms with Gasteiger partial charge in [-0.3, -0.25) is 4.68 Å². The summed E-state index contributed by atoms with van der Waals surface area (Å²) in [6, 6.07) is 0.0520. The summed E-state index contributed by atoms with van der Waals surface area (Å²) in [5.41, 5.74) is 6.76. The van der Waals surface area contributed by atoms with Crippen molar-refractivity contribution in [2.75, 3.05) is 6.54 Å². The third kappa shape index (κ3) is 3.64. The molecule has 0 spiro atoms. The van der Waals surface area contributed by atoms with Gasteiger partial charge in [0.1, 0.15) is 4.90 Å². The van der Waals surface area contributed by atoms with Gasteiger partial charge in [0.2, 0.25) is 10.0 Å². The molecule has 0 bridgehead atoms. The molecule has 1 saturated carbocycles. The highest BCUT2D eigenvalue weighted by molar-refractivity contribution is 7.89. The number of aromatic nitrogens is 2. The van der Waals surface area contributed by atoms with Crippen molar-refractivity contribution in [2.45, 2.75) is 63.9 Å². The summed E-state index contributed by atoms with van der Waals surface area (Å²) in [5, 5.41) is 4.35. The van der Waals surface area contributed by atoms with Gasteiger partial charge in [0, 0.05) is 12.6 Å². The van der Waals surface area contributed by atoms with Crippen molar-refractivity contribution in [1.82, 2.24) is 14.5 Å². The lowest BCUT2D eigenvalue weighted by molar-refractivity contribution is 0.536. The maximum absolute atomic E-state index is 12.6. The highest BCUT2D eigenvalue weighted by Gasteiger charge is 2.30. The van der Waals surface area contributed by atoms with E-state index in [1.54, 1.807) is 11.6 Å². The van der Waals surface area contributed by atoms with E-state index in [1.165, 1.54) is 0 Å². The SMILES string of the molecule is Cc1nn(CCCN)c(C)c1S(=O)(=O)NC1CCC(C)C1. The van der Waals surface area contributed by atoms with Gasteiger partial charge in [-0.05, 0) is 52.0 Å². The molecule has 0 aromatic carbocycles. The van der Waals surface area contributed by atoms with Crippen LogP contribution in [0.2, 0.25) is 0 Å². The van der Waals surface area contributed by atoms with E-state index in [9.17, 15) is 8.42 Å². The maximum atomic E-state index is 12.6. The molecule has 0 radical (unpaired) electrons. The summed E-state index contributed by atoms with van der Waals surface area (Å²) in [6.07, 6.45) is 3.70. The first-order valence-electron chi connectivity index (χ1n) is 7.61. The van der Waals surface area contributed by atoms with Crippen LogP contribution in [0.1, 0.15) is 44.0 Å². The predicted octanol–water partition coefficient (Wildman–Crippen LogP) is 1.32. The van der Waals surface area contributed by atoms with E-state index < -0.39 is 10.0 Å². The van der Waals surface area contributed by atoms with Crippen LogP contribution in [-0.4, -0.2) is 30.8 Å². The number of aryl methyl sites for hydroxylation is 2. The largest absolute Gasteiger partial charge is 0.330 e. The maximum Gasteiger partial charge on any atom is 0.244 e. The zero-order chi connectivity index (χ0) is 15.6. The number of hydrogen-bond acceptors (Lipinski definition) is 4. The summed E-state index contributed by atoms with van der Waals surface area (Å²) in [6.45, 7) is 6.94. The second-order valence-corrected chi connectivity index (χ2v) is 7.75. The Kier molecular flexibility index (Phi) is 5.06. The zero-order valence-electron chi connectivity index (χ0n) is 13.1. The molecule has 1 aliphatic rings. The Morgan fingerprint density at radius 3 is 2.67 bits per heavy atom. The van der Waals surface area contributed by atoms with E-state index in [4.69, 9.17) is 5.73 Å². The topological polar surface area (TPSA) is 90.0 Å². The second-order valence-electron chi connectivity index (χ2n) is 6.10. The van der Waals surface area contributed by atoms with Gasteiger partial charge in [0.15, 0.2) is 0 Å². The average Bonchev–Trinajstić information content (AvgIpc) is 2.90. The molecule has 0 saturated heterocycles. The Morgan fingerprint density at radius 1 is 1.38 bits per heavy atom. The Morgan fingerprint density at radius 2 is 2.10 bits per heavy atom. The molecule has 2 unspecified atom stereocenters. The first-order chi connectivity index (χ1) is 9.85. The van der Waals surface area contributed by atoms with Crippen LogP contribution in [0.5, 0.6) is 0 Å². The molecular formula is C14H26N4O2S. The normalized spacial score (nSPS) is 22.9. The Hall–Kier alpha value is -0.920. The smallest absolute Gasteiger partial charge is 0.244 e. The van der Waals surface area contributed by atoms with Crippen molar-refractivity contribution in [1.29, 1.82) is 0 Å². The number of nitrogens with zero attached hydrogens (tertiary/aromatic N) is 2. The molecule has 0 amide bonds. The van der Waals surface area contributed by atoms with Gasteiger partial charge in [-0.25, -0.2) is 13.1 Å². The second kappa shape index (κ2) is 6.46. The molecule has 120 valence electrons. The minimum Gasteiger partial charge on any atom is -0.330 e. The third-order valence-electron chi connectivity index (χ3n) is 4.17. The van der Waals surface area contributed by atoms with E-state index in [1.807, 2.05) is 6.92 Å². The minimum absolute atomic E-state index is 0.0520. The fourth-order valence-electron chi connectivity index (χ4n) is 3.12. The number of hydrogen-bond donors (Lipinski definition) is 2. The lowest BCUT2D eigenvalue weighted by Gasteiger charge is -2.13. The fraction of sp³-hybridized carbons (Fsp3) is 0.786. The molecule has 1 aromatic rings. The van der Waals surface area contributed by atoms with Gasteiger partial charge in [-0.1, -0.05) is 6.92 Å². The molecule has 6 nitrogen and oxygen atoms in total. The van der Waals surface area contributed by atoms with Gasteiger partial charge in [-0.15, -0.1) is 0 Å². The van der Waals surface area contributed by atoms with E-state index in [2.05, 4.69) is 16.7 Å². The van der Waals surface area contributed by atoms with Gasteiger partial charge in [-0.2, -0.15) is 5.10 Å². The standard InChI is InChI=1S/C14H26N4O2S/c1-10-5-6-13(9-10)17-21(19,20)14-11(2)16-18(12(14)3)8-4-7-15/h10,13,17H,4-9,15H2,1-3H3. The van der Waals surface area contributed by atoms with Crippen LogP contribution in [0.25, 0.3) is 0 Å². The van der Waals surface area contributed by atoms with Crippen LogP contribution >= 0.6 is 0 Å². The molecule has 0 aliphatic heterocycles. The number of nitrogens with two attached hydrogens (primary N) is 1. The van der Waals surface area contributed by atoms with Crippen LogP contribution in [0, 0.1) is 19.8 Å². The van der Waals surface area contributed by atoms with E-state index in [0.717, 1.165) is 25.7 Å². The lowest BCUT2D eigenvalue weighted by Crippen LogP contribution is -2.33. The Bertz CT molecular complexity index is 594. The molecule has 21 heavy (non-hydrogen) atoms. The summed E-state index contributed by atoms with van der Waals surface area (Å²) in [5.74, 6) is 0.590. The molecule has 3 N–H and O–H groups in total. The van der Waals surface area contributed by atoms with Gasteiger partial charge < -0.3 is 5.73 Å². The van der Waals surface area contributed by atoms with E-state index in [-0.39, 0.29) is 6.04 Å². The molecule has 1 aromatic heterocycles. The average molecular weight is 314 g/mol. The monoisotopic (exact) mass is 314 g/mol. The van der Waals surface area contributed by atoms with Crippen molar-refractivity contribution < 1.29 is 8.42 Å². The summed E-state index contributed by atoms with van der Waals surface area (Å²) in [7, 11) is -3.50. The van der Waals surface area contributed by atoms with Crippen LogP contribution in [0.15, 0.2) is 4.90 Å². The Balaban J connectivity index is 2.21. The molecule has 1 heterocycles. The Labute approximate surface area is 127 Å². The van der Waals surface area contributed by atoms with Crippen molar-refractivity contribution in [2.24, 2.45) is 11.7 Å². The van der Waals surface area contributed by atoms with Crippen LogP contribution < -0.4 is 10.5 Å². The molecule has 2 rings (SSSR count). The van der Waals surface area contributed by atoms with Crippen molar-refractivity contribution in [3.05, 3.63) is 11.4 Å². The lowest BCUT2D eigenvalue weighted by atomic mass is 10.1. The molecular weight excluding hydrogens is 288 g/mol. The van der Waals surface area contributed by atoms with Gasteiger partial charge >= 0.3 is 0 Å². The molecule has 1 aliphatic carbocycles. The van der Waals surface area contributed by atoms with Crippen LogP contribution in [0.4, 0.5) is 0 Å². The van der Waals surface area contributed by atoms with Crippen LogP contribution in [0.3, 0.4) is 0 Å². The minimum atomic E-state index is -3.50. The van der Waals surface area contributed by atoms with Crippen molar-refractivity contribution in [3.8, 4) is 0 Å². The van der Waals surface area contributed by atoms with Crippen molar-refractivity contribution >= 4 is 10.0 Å². The first-order valence-corrected chi connectivity index (χ1v) is 9.10. The zero-order valence-corrected chi connectivity index (χ0v) is 13.9. The summed E-state index contributed by atoms with van der Waals surface area (Å²) >= 11 is 0. The summed E-state index contributed by atoms with van der Waals surface area (Å²) in [4.78, 5) is 0.332.